The Balaban J connectivity index is 2.73. The van der Waals surface area contributed by atoms with E-state index in [1.165, 1.54) is 6.92 Å². The predicted octanol–water partition coefficient (Wildman–Crippen LogP) is -3.56. The van der Waals surface area contributed by atoms with E-state index >= 15 is 0 Å². The molecule has 1 heterocycles. The fourth-order valence-electron chi connectivity index (χ4n) is 2.81. The Morgan fingerprint density at radius 2 is 1.67 bits per heavy atom. The van der Waals surface area contributed by atoms with Crippen molar-refractivity contribution >= 4 is 35.5 Å². The summed E-state index contributed by atoms with van der Waals surface area (Å²) in [5.74, 6) is -5.07. The molecule has 0 bridgehead atoms. The zero-order chi connectivity index (χ0) is 22.8. The third-order valence-electron chi connectivity index (χ3n) is 4.46. The van der Waals surface area contributed by atoms with Crippen molar-refractivity contribution in [3.8, 4) is 0 Å². The number of nitrogens with one attached hydrogen (secondary N) is 4. The number of carboxylic acids is 1. The van der Waals surface area contributed by atoms with Gasteiger partial charge in [0, 0.05) is 6.42 Å². The first-order chi connectivity index (χ1) is 14.0. The highest BCUT2D eigenvalue weighted by Gasteiger charge is 2.30. The zero-order valence-corrected chi connectivity index (χ0v) is 16.6. The Morgan fingerprint density at radius 3 is 2.17 bits per heavy atom. The van der Waals surface area contributed by atoms with Crippen LogP contribution in [0.1, 0.15) is 39.0 Å². The summed E-state index contributed by atoms with van der Waals surface area (Å²) in [6.07, 6.45) is 0.548. The van der Waals surface area contributed by atoms with Crippen molar-refractivity contribution < 1.29 is 33.9 Å². The highest BCUT2D eigenvalue weighted by Crippen LogP contribution is 2.07. The van der Waals surface area contributed by atoms with Crippen LogP contribution in [0.3, 0.4) is 0 Å². The largest absolute Gasteiger partial charge is 0.480 e. The molecular formula is C17H28N6O7. The van der Waals surface area contributed by atoms with Crippen molar-refractivity contribution in [2.45, 2.75) is 63.2 Å². The molecule has 168 valence electrons. The van der Waals surface area contributed by atoms with E-state index in [0.29, 0.717) is 13.0 Å². The van der Waals surface area contributed by atoms with Gasteiger partial charge in [-0.15, -0.1) is 0 Å². The summed E-state index contributed by atoms with van der Waals surface area (Å²) in [4.78, 5) is 70.1. The van der Waals surface area contributed by atoms with Crippen molar-refractivity contribution in [1.82, 2.24) is 21.3 Å². The molecule has 0 saturated carbocycles. The lowest BCUT2D eigenvalue weighted by Crippen LogP contribution is -2.56. The molecule has 0 aromatic rings. The number of primary amides is 2. The van der Waals surface area contributed by atoms with E-state index in [0.717, 1.165) is 6.42 Å². The summed E-state index contributed by atoms with van der Waals surface area (Å²) in [6, 6.07) is -4.32. The van der Waals surface area contributed by atoms with Crippen molar-refractivity contribution in [2.75, 3.05) is 6.54 Å². The van der Waals surface area contributed by atoms with Gasteiger partial charge in [0.15, 0.2) is 0 Å². The number of nitrogens with two attached hydrogens (primary N) is 2. The third-order valence-corrected chi connectivity index (χ3v) is 4.46. The minimum absolute atomic E-state index is 0.0760. The SMILES string of the molecule is CC(NC(=O)C(CCC(N)=O)NC(=O)C1CCCN1)C(=O)NC(CC(N)=O)C(=O)O. The summed E-state index contributed by atoms with van der Waals surface area (Å²) in [5.41, 5.74) is 10.1. The van der Waals surface area contributed by atoms with Crippen molar-refractivity contribution in [1.29, 1.82) is 0 Å². The lowest BCUT2D eigenvalue weighted by molar-refractivity contribution is -0.143. The second-order valence-corrected chi connectivity index (χ2v) is 7.02. The molecule has 0 radical (unpaired) electrons. The third kappa shape index (κ3) is 8.43. The van der Waals surface area contributed by atoms with Crippen molar-refractivity contribution in [3.05, 3.63) is 0 Å². The molecule has 0 aromatic carbocycles. The Labute approximate surface area is 172 Å². The van der Waals surface area contributed by atoms with Gasteiger partial charge in [0.05, 0.1) is 12.5 Å². The highest BCUT2D eigenvalue weighted by atomic mass is 16.4. The summed E-state index contributed by atoms with van der Waals surface area (Å²) in [5, 5.41) is 19.0. The van der Waals surface area contributed by atoms with E-state index in [9.17, 15) is 28.8 Å². The van der Waals surface area contributed by atoms with E-state index in [-0.39, 0.29) is 12.8 Å². The van der Waals surface area contributed by atoms with Crippen LogP contribution in [-0.2, 0) is 28.8 Å². The molecule has 1 saturated heterocycles. The number of hydrogen-bond acceptors (Lipinski definition) is 7. The molecule has 0 aliphatic carbocycles. The van der Waals surface area contributed by atoms with Crippen LogP contribution >= 0.6 is 0 Å². The maximum Gasteiger partial charge on any atom is 0.326 e. The van der Waals surface area contributed by atoms with Gasteiger partial charge < -0.3 is 37.8 Å². The van der Waals surface area contributed by atoms with E-state index in [1.807, 2.05) is 0 Å². The van der Waals surface area contributed by atoms with Gasteiger partial charge in [-0.05, 0) is 32.7 Å². The molecule has 0 aromatic heterocycles. The smallest absolute Gasteiger partial charge is 0.326 e. The van der Waals surface area contributed by atoms with Crippen LogP contribution in [0.15, 0.2) is 0 Å². The number of aliphatic carboxylic acids is 1. The Morgan fingerprint density at radius 1 is 1.00 bits per heavy atom. The summed E-state index contributed by atoms with van der Waals surface area (Å²) >= 11 is 0. The summed E-state index contributed by atoms with van der Waals surface area (Å²) in [6.45, 7) is 1.96. The van der Waals surface area contributed by atoms with Gasteiger partial charge in [0.1, 0.15) is 18.1 Å². The maximum absolute atomic E-state index is 12.5. The second-order valence-electron chi connectivity index (χ2n) is 7.02. The first-order valence-electron chi connectivity index (χ1n) is 9.45. The van der Waals surface area contributed by atoms with Gasteiger partial charge in [-0.1, -0.05) is 0 Å². The molecule has 13 nitrogen and oxygen atoms in total. The van der Waals surface area contributed by atoms with E-state index in [2.05, 4.69) is 21.3 Å². The van der Waals surface area contributed by atoms with Gasteiger partial charge >= 0.3 is 5.97 Å². The van der Waals surface area contributed by atoms with Crippen LogP contribution in [-0.4, -0.2) is 71.3 Å². The van der Waals surface area contributed by atoms with Gasteiger partial charge in [-0.3, -0.25) is 24.0 Å². The van der Waals surface area contributed by atoms with Crippen molar-refractivity contribution in [2.24, 2.45) is 11.5 Å². The van der Waals surface area contributed by atoms with Gasteiger partial charge in [-0.2, -0.15) is 0 Å². The molecule has 9 N–H and O–H groups in total. The van der Waals surface area contributed by atoms with Crippen LogP contribution in [0.2, 0.25) is 0 Å². The lowest BCUT2D eigenvalue weighted by atomic mass is 10.1. The van der Waals surface area contributed by atoms with Crippen molar-refractivity contribution in [3.63, 3.8) is 0 Å². The second kappa shape index (κ2) is 11.7. The molecule has 1 rings (SSSR count). The first kappa shape index (κ1) is 24.8. The number of carboxylic acid groups (broad SMARTS) is 1. The molecule has 0 spiro atoms. The number of amides is 5. The zero-order valence-electron chi connectivity index (χ0n) is 16.6. The highest BCUT2D eigenvalue weighted by molar-refractivity contribution is 5.95. The summed E-state index contributed by atoms with van der Waals surface area (Å²) in [7, 11) is 0. The molecular weight excluding hydrogens is 400 g/mol. The average molecular weight is 428 g/mol. The Kier molecular flexibility index (Phi) is 9.68. The van der Waals surface area contributed by atoms with Gasteiger partial charge in [-0.25, -0.2) is 4.79 Å². The number of rotatable bonds is 12. The molecule has 13 heteroatoms. The lowest BCUT2D eigenvalue weighted by Gasteiger charge is -2.23. The minimum Gasteiger partial charge on any atom is -0.480 e. The normalized spacial score (nSPS) is 18.5. The average Bonchev–Trinajstić information content (AvgIpc) is 3.18. The fraction of sp³-hybridized carbons (Fsp3) is 0.647. The maximum atomic E-state index is 12.5. The van der Waals surface area contributed by atoms with E-state index in [1.54, 1.807) is 0 Å². The molecule has 4 atom stereocenters. The number of carbonyl (C=O) groups is 6. The van der Waals surface area contributed by atoms with Crippen LogP contribution in [0.4, 0.5) is 0 Å². The van der Waals surface area contributed by atoms with Crippen LogP contribution in [0.25, 0.3) is 0 Å². The van der Waals surface area contributed by atoms with Gasteiger partial charge in [0.2, 0.25) is 29.5 Å². The number of carbonyl (C=O) groups excluding carboxylic acids is 5. The molecule has 1 fully saturated rings. The monoisotopic (exact) mass is 428 g/mol. The van der Waals surface area contributed by atoms with Gasteiger partial charge in [0.25, 0.3) is 0 Å². The van der Waals surface area contributed by atoms with E-state index in [4.69, 9.17) is 16.6 Å². The topological polar surface area (TPSA) is 223 Å². The first-order valence-corrected chi connectivity index (χ1v) is 9.45. The Bertz CT molecular complexity index is 692. The van der Waals surface area contributed by atoms with Crippen LogP contribution in [0.5, 0.6) is 0 Å². The van der Waals surface area contributed by atoms with Crippen LogP contribution in [0, 0.1) is 0 Å². The minimum atomic E-state index is -1.55. The standard InChI is InChI=1S/C17H28N6O7/c1-8(14(26)23-11(17(29)30)7-13(19)25)21-16(28)10(4-5-12(18)24)22-15(27)9-3-2-6-20-9/h8-11,20H,2-7H2,1H3,(H2,18,24)(H2,19,25)(H,21,28)(H,22,27)(H,23,26)(H,29,30). The molecule has 1 aliphatic rings. The molecule has 5 amide bonds. The Hall–Kier alpha value is -3.22. The van der Waals surface area contributed by atoms with Crippen LogP contribution < -0.4 is 32.7 Å². The quantitative estimate of drug-likeness (QED) is 0.164. The summed E-state index contributed by atoms with van der Waals surface area (Å²) < 4.78 is 0. The van der Waals surface area contributed by atoms with E-state index < -0.39 is 66.1 Å². The molecule has 30 heavy (non-hydrogen) atoms. The molecule has 1 aliphatic heterocycles. The fourth-order valence-corrected chi connectivity index (χ4v) is 2.81. The molecule has 4 unspecified atom stereocenters. The predicted molar refractivity (Wildman–Crippen MR) is 102 cm³/mol. The number of hydrogen-bond donors (Lipinski definition) is 7.